The Hall–Kier alpha value is -1.74. The van der Waals surface area contributed by atoms with Crippen LogP contribution in [-0.4, -0.2) is 91.9 Å². The SMILES string of the molecule is Cc1cc(C(=O)N2CCN(C)CC2)nc(N(C)C2CCS(=O)(=O)C2)n1. The van der Waals surface area contributed by atoms with Crippen LogP contribution < -0.4 is 4.90 Å². The highest BCUT2D eigenvalue weighted by Gasteiger charge is 2.32. The summed E-state index contributed by atoms with van der Waals surface area (Å²) in [6, 6.07) is 1.56. The van der Waals surface area contributed by atoms with Crippen molar-refractivity contribution in [2.75, 3.05) is 56.7 Å². The van der Waals surface area contributed by atoms with Crippen LogP contribution >= 0.6 is 0 Å². The molecule has 1 aromatic rings. The van der Waals surface area contributed by atoms with E-state index in [0.717, 1.165) is 13.1 Å². The Labute approximate surface area is 148 Å². The van der Waals surface area contributed by atoms with Gasteiger partial charge in [0.15, 0.2) is 9.84 Å². The summed E-state index contributed by atoms with van der Waals surface area (Å²) in [5.74, 6) is 0.635. The maximum Gasteiger partial charge on any atom is 0.272 e. The van der Waals surface area contributed by atoms with Crippen molar-refractivity contribution in [2.45, 2.75) is 19.4 Å². The van der Waals surface area contributed by atoms with E-state index in [-0.39, 0.29) is 23.5 Å². The van der Waals surface area contributed by atoms with E-state index in [1.807, 2.05) is 18.9 Å². The molecule has 0 bridgehead atoms. The summed E-state index contributed by atoms with van der Waals surface area (Å²) < 4.78 is 23.4. The van der Waals surface area contributed by atoms with Crippen LogP contribution in [0.2, 0.25) is 0 Å². The molecule has 3 heterocycles. The average Bonchev–Trinajstić information content (AvgIpc) is 2.93. The van der Waals surface area contributed by atoms with Crippen LogP contribution in [-0.2, 0) is 9.84 Å². The van der Waals surface area contributed by atoms with E-state index in [1.54, 1.807) is 18.0 Å². The number of nitrogens with zero attached hydrogens (tertiary/aromatic N) is 5. The first-order valence-corrected chi connectivity index (χ1v) is 10.3. The first kappa shape index (κ1) is 18.1. The molecule has 8 nitrogen and oxygen atoms in total. The van der Waals surface area contributed by atoms with E-state index in [4.69, 9.17) is 0 Å². The largest absolute Gasteiger partial charge is 0.340 e. The zero-order chi connectivity index (χ0) is 18.2. The highest BCUT2D eigenvalue weighted by atomic mass is 32.2. The Balaban J connectivity index is 1.79. The summed E-state index contributed by atoms with van der Waals surface area (Å²) in [6.07, 6.45) is 0.567. The molecule has 0 radical (unpaired) electrons. The maximum atomic E-state index is 12.8. The fraction of sp³-hybridized carbons (Fsp3) is 0.688. The predicted molar refractivity (Wildman–Crippen MR) is 95.6 cm³/mol. The predicted octanol–water partition coefficient (Wildman–Crippen LogP) is -0.204. The monoisotopic (exact) mass is 367 g/mol. The Morgan fingerprint density at radius 1 is 1.24 bits per heavy atom. The van der Waals surface area contributed by atoms with Crippen LogP contribution in [0.25, 0.3) is 0 Å². The number of piperazine rings is 1. The number of aryl methyl sites for hydroxylation is 1. The van der Waals surface area contributed by atoms with Crippen molar-refractivity contribution in [1.29, 1.82) is 0 Å². The molecule has 1 atom stereocenters. The van der Waals surface area contributed by atoms with Gasteiger partial charge in [0, 0.05) is 45.0 Å². The lowest BCUT2D eigenvalue weighted by Gasteiger charge is -2.32. The normalized spacial score (nSPS) is 23.6. The molecule has 2 fully saturated rings. The molecular formula is C16H25N5O3S. The van der Waals surface area contributed by atoms with Crippen molar-refractivity contribution in [2.24, 2.45) is 0 Å². The van der Waals surface area contributed by atoms with Gasteiger partial charge in [0.25, 0.3) is 5.91 Å². The summed E-state index contributed by atoms with van der Waals surface area (Å²) in [4.78, 5) is 27.4. The molecule has 9 heteroatoms. The van der Waals surface area contributed by atoms with Gasteiger partial charge in [-0.1, -0.05) is 0 Å². The second kappa shape index (κ2) is 6.87. The third kappa shape index (κ3) is 4.09. The van der Waals surface area contributed by atoms with Crippen molar-refractivity contribution in [3.8, 4) is 0 Å². The van der Waals surface area contributed by atoms with Gasteiger partial charge in [-0.15, -0.1) is 0 Å². The van der Waals surface area contributed by atoms with E-state index in [2.05, 4.69) is 14.9 Å². The van der Waals surface area contributed by atoms with Crippen molar-refractivity contribution in [1.82, 2.24) is 19.8 Å². The van der Waals surface area contributed by atoms with Crippen LogP contribution in [0.5, 0.6) is 0 Å². The summed E-state index contributed by atoms with van der Waals surface area (Å²) in [5.41, 5.74) is 1.08. The number of carbonyl (C=O) groups excluding carboxylic acids is 1. The number of anilines is 1. The lowest BCUT2D eigenvalue weighted by molar-refractivity contribution is 0.0658. The molecule has 3 rings (SSSR count). The van der Waals surface area contributed by atoms with E-state index < -0.39 is 9.84 Å². The van der Waals surface area contributed by atoms with E-state index in [9.17, 15) is 13.2 Å². The van der Waals surface area contributed by atoms with Crippen molar-refractivity contribution < 1.29 is 13.2 Å². The molecule has 1 unspecified atom stereocenters. The van der Waals surface area contributed by atoms with Gasteiger partial charge >= 0.3 is 0 Å². The zero-order valence-corrected chi connectivity index (χ0v) is 15.8. The van der Waals surface area contributed by atoms with E-state index in [1.165, 1.54) is 0 Å². The molecule has 2 aliphatic heterocycles. The fourth-order valence-corrected chi connectivity index (χ4v) is 5.01. The molecule has 2 aliphatic rings. The Bertz CT molecular complexity index is 759. The number of amides is 1. The van der Waals surface area contributed by atoms with Crippen molar-refractivity contribution >= 4 is 21.7 Å². The molecule has 138 valence electrons. The van der Waals surface area contributed by atoms with Gasteiger partial charge in [-0.2, -0.15) is 0 Å². The third-order valence-electron chi connectivity index (χ3n) is 4.92. The van der Waals surface area contributed by atoms with E-state index in [0.29, 0.717) is 36.8 Å². The van der Waals surface area contributed by atoms with Crippen LogP contribution in [0.4, 0.5) is 5.95 Å². The lowest BCUT2D eigenvalue weighted by atomic mass is 10.2. The standard InChI is InChI=1S/C16H25N5O3S/c1-12-10-14(15(22)21-7-5-19(2)6-8-21)18-16(17-12)20(3)13-4-9-25(23,24)11-13/h10,13H,4-9,11H2,1-3H3. The smallest absolute Gasteiger partial charge is 0.272 e. The highest BCUT2D eigenvalue weighted by Crippen LogP contribution is 2.21. The summed E-state index contributed by atoms with van der Waals surface area (Å²) >= 11 is 0. The summed E-state index contributed by atoms with van der Waals surface area (Å²) in [7, 11) is 0.853. The number of carbonyl (C=O) groups is 1. The second-order valence-electron chi connectivity index (χ2n) is 6.96. The van der Waals surface area contributed by atoms with Gasteiger partial charge in [0.2, 0.25) is 5.95 Å². The molecule has 0 aromatic carbocycles. The van der Waals surface area contributed by atoms with Crippen LogP contribution in [0.1, 0.15) is 22.6 Å². The number of sulfone groups is 1. The van der Waals surface area contributed by atoms with Crippen molar-refractivity contribution in [3.05, 3.63) is 17.5 Å². The minimum atomic E-state index is -2.98. The summed E-state index contributed by atoms with van der Waals surface area (Å²) in [5, 5.41) is 0. The van der Waals surface area contributed by atoms with Gasteiger partial charge in [-0.05, 0) is 26.5 Å². The molecular weight excluding hydrogens is 342 g/mol. The molecule has 1 aromatic heterocycles. The highest BCUT2D eigenvalue weighted by molar-refractivity contribution is 7.91. The first-order chi connectivity index (χ1) is 11.7. The van der Waals surface area contributed by atoms with E-state index >= 15 is 0 Å². The summed E-state index contributed by atoms with van der Waals surface area (Å²) in [6.45, 7) is 4.89. The first-order valence-electron chi connectivity index (χ1n) is 8.52. The third-order valence-corrected chi connectivity index (χ3v) is 6.67. The zero-order valence-electron chi connectivity index (χ0n) is 15.0. The number of likely N-dealkylation sites (N-methyl/N-ethyl adjacent to an activating group) is 1. The number of aromatic nitrogens is 2. The number of hydrogen-bond donors (Lipinski definition) is 0. The molecule has 0 spiro atoms. The van der Waals surface area contributed by atoms with Gasteiger partial charge < -0.3 is 14.7 Å². The molecule has 0 saturated carbocycles. The molecule has 25 heavy (non-hydrogen) atoms. The van der Waals surface area contributed by atoms with Crippen LogP contribution in [0, 0.1) is 6.92 Å². The Kier molecular flexibility index (Phi) is 4.97. The number of rotatable bonds is 3. The minimum absolute atomic E-state index is 0.0905. The molecule has 0 N–H and O–H groups in total. The average molecular weight is 367 g/mol. The minimum Gasteiger partial charge on any atom is -0.340 e. The van der Waals surface area contributed by atoms with Crippen LogP contribution in [0.15, 0.2) is 6.07 Å². The second-order valence-corrected chi connectivity index (χ2v) is 9.19. The molecule has 2 saturated heterocycles. The van der Waals surface area contributed by atoms with Crippen LogP contribution in [0.3, 0.4) is 0 Å². The number of hydrogen-bond acceptors (Lipinski definition) is 7. The van der Waals surface area contributed by atoms with Gasteiger partial charge in [0.05, 0.1) is 11.5 Å². The van der Waals surface area contributed by atoms with Gasteiger partial charge in [-0.3, -0.25) is 4.79 Å². The lowest BCUT2D eigenvalue weighted by Crippen LogP contribution is -2.47. The molecule has 1 amide bonds. The quantitative estimate of drug-likeness (QED) is 0.731. The molecule has 0 aliphatic carbocycles. The Morgan fingerprint density at radius 3 is 2.52 bits per heavy atom. The van der Waals surface area contributed by atoms with Gasteiger partial charge in [-0.25, -0.2) is 18.4 Å². The maximum absolute atomic E-state index is 12.8. The van der Waals surface area contributed by atoms with Crippen molar-refractivity contribution in [3.63, 3.8) is 0 Å². The Morgan fingerprint density at radius 2 is 1.92 bits per heavy atom. The topological polar surface area (TPSA) is 86.7 Å². The van der Waals surface area contributed by atoms with Gasteiger partial charge in [0.1, 0.15) is 5.69 Å². The fourth-order valence-electron chi connectivity index (χ4n) is 3.24.